The first kappa shape index (κ1) is 20.3. The van der Waals surface area contributed by atoms with Crippen molar-refractivity contribution in [1.82, 2.24) is 9.21 Å². The van der Waals surface area contributed by atoms with Gasteiger partial charge < -0.3 is 14.4 Å². The first-order valence-electron chi connectivity index (χ1n) is 9.33. The Labute approximate surface area is 161 Å². The van der Waals surface area contributed by atoms with Crippen molar-refractivity contribution in [2.75, 3.05) is 39.9 Å². The highest BCUT2D eigenvalue weighted by Gasteiger charge is 2.34. The molecule has 2 heterocycles. The number of piperidine rings is 1. The van der Waals surface area contributed by atoms with E-state index in [9.17, 15) is 13.2 Å². The number of ether oxygens (including phenoxy) is 2. The fraction of sp³-hybridized carbons (Fsp3) is 0.632. The van der Waals surface area contributed by atoms with Crippen molar-refractivity contribution in [3.05, 3.63) is 29.3 Å². The van der Waals surface area contributed by atoms with Crippen LogP contribution in [0.2, 0.25) is 0 Å². The molecule has 27 heavy (non-hydrogen) atoms. The molecule has 0 N–H and O–H groups in total. The lowest BCUT2D eigenvalue weighted by Crippen LogP contribution is -2.47. The molecule has 1 aromatic carbocycles. The lowest BCUT2D eigenvalue weighted by atomic mass is 9.97. The molecule has 2 aliphatic heterocycles. The van der Waals surface area contributed by atoms with Crippen molar-refractivity contribution in [2.24, 2.45) is 5.92 Å². The van der Waals surface area contributed by atoms with E-state index >= 15 is 0 Å². The molecule has 0 spiro atoms. The van der Waals surface area contributed by atoms with Crippen molar-refractivity contribution in [3.63, 3.8) is 0 Å². The van der Waals surface area contributed by atoms with Gasteiger partial charge in [-0.25, -0.2) is 8.42 Å². The van der Waals surface area contributed by atoms with Gasteiger partial charge in [-0.2, -0.15) is 4.31 Å². The smallest absolute Gasteiger partial charge is 0.243 e. The van der Waals surface area contributed by atoms with Gasteiger partial charge in [0.15, 0.2) is 6.29 Å². The van der Waals surface area contributed by atoms with Crippen molar-refractivity contribution in [2.45, 2.75) is 37.9 Å². The number of likely N-dealkylation sites (N-methyl/N-ethyl adjacent to an activating group) is 1. The van der Waals surface area contributed by atoms with Crippen LogP contribution in [0.3, 0.4) is 0 Å². The number of carbonyl (C=O) groups excluding carboxylic acids is 1. The Morgan fingerprint density at radius 2 is 1.93 bits per heavy atom. The van der Waals surface area contributed by atoms with Crippen LogP contribution in [0.1, 0.15) is 24.0 Å². The second-order valence-electron chi connectivity index (χ2n) is 7.36. The Balaban J connectivity index is 1.64. The minimum atomic E-state index is -3.70. The molecule has 0 saturated carbocycles. The average Bonchev–Trinajstić information content (AvgIpc) is 3.18. The summed E-state index contributed by atoms with van der Waals surface area (Å²) in [5.74, 6) is -0.0422. The fourth-order valence-corrected chi connectivity index (χ4v) is 4.74. The lowest BCUT2D eigenvalue weighted by Gasteiger charge is -2.35. The highest BCUT2D eigenvalue weighted by molar-refractivity contribution is 7.89. The van der Waals surface area contributed by atoms with Gasteiger partial charge in [-0.05, 0) is 49.9 Å². The zero-order chi connectivity index (χ0) is 19.6. The van der Waals surface area contributed by atoms with Gasteiger partial charge >= 0.3 is 0 Å². The van der Waals surface area contributed by atoms with Crippen LogP contribution in [0.4, 0.5) is 0 Å². The molecule has 8 heteroatoms. The number of sulfonamides is 1. The van der Waals surface area contributed by atoms with Crippen molar-refractivity contribution < 1.29 is 22.7 Å². The number of amides is 1. The number of hydrogen-bond acceptors (Lipinski definition) is 5. The normalized spacial score (nSPS) is 21.8. The SMILES string of the molecule is Cc1ccc(S(=O)(=O)N(C)CC(=O)N2CCCC(C3OCCO3)C2)cc1C. The third-order valence-corrected chi connectivity index (χ3v) is 7.19. The molecule has 2 aliphatic rings. The van der Waals surface area contributed by atoms with Gasteiger partial charge in [0, 0.05) is 26.1 Å². The van der Waals surface area contributed by atoms with E-state index in [0.29, 0.717) is 26.3 Å². The molecule has 0 bridgehead atoms. The molecule has 2 fully saturated rings. The second-order valence-corrected chi connectivity index (χ2v) is 9.40. The Morgan fingerprint density at radius 1 is 1.22 bits per heavy atom. The highest BCUT2D eigenvalue weighted by Crippen LogP contribution is 2.25. The van der Waals surface area contributed by atoms with Crippen LogP contribution in [0.15, 0.2) is 23.1 Å². The molecule has 1 amide bonds. The predicted molar refractivity (Wildman–Crippen MR) is 101 cm³/mol. The van der Waals surface area contributed by atoms with Gasteiger partial charge in [0.25, 0.3) is 0 Å². The minimum Gasteiger partial charge on any atom is -0.350 e. The number of carbonyl (C=O) groups is 1. The Morgan fingerprint density at radius 3 is 2.59 bits per heavy atom. The predicted octanol–water partition coefficient (Wildman–Crippen LogP) is 1.54. The third kappa shape index (κ3) is 4.51. The molecule has 7 nitrogen and oxygen atoms in total. The summed E-state index contributed by atoms with van der Waals surface area (Å²) in [6.45, 7) is 6.00. The molecule has 1 atom stereocenters. The van der Waals surface area contributed by atoms with Crippen LogP contribution in [0, 0.1) is 19.8 Å². The molecule has 0 aromatic heterocycles. The Bertz CT molecular complexity index is 789. The molecule has 2 saturated heterocycles. The van der Waals surface area contributed by atoms with E-state index in [1.54, 1.807) is 23.1 Å². The second kappa shape index (κ2) is 8.26. The third-order valence-electron chi connectivity index (χ3n) is 5.39. The first-order chi connectivity index (χ1) is 12.8. The summed E-state index contributed by atoms with van der Waals surface area (Å²) >= 11 is 0. The van der Waals surface area contributed by atoms with Gasteiger partial charge in [-0.3, -0.25) is 4.79 Å². The molecular weight excluding hydrogens is 368 g/mol. The Kier molecular flexibility index (Phi) is 6.20. The molecule has 3 rings (SSSR count). The maximum atomic E-state index is 12.8. The van der Waals surface area contributed by atoms with Crippen LogP contribution >= 0.6 is 0 Å². The topological polar surface area (TPSA) is 76.2 Å². The van der Waals surface area contributed by atoms with Crippen molar-refractivity contribution in [3.8, 4) is 0 Å². The summed E-state index contributed by atoms with van der Waals surface area (Å²) in [4.78, 5) is 14.6. The summed E-state index contributed by atoms with van der Waals surface area (Å²) in [6.07, 6.45) is 1.57. The number of likely N-dealkylation sites (tertiary alicyclic amines) is 1. The summed E-state index contributed by atoms with van der Waals surface area (Å²) in [7, 11) is -2.25. The number of benzene rings is 1. The standard InChI is InChI=1S/C19H28N2O5S/c1-14-6-7-17(11-15(14)2)27(23,24)20(3)13-18(22)21-8-4-5-16(12-21)19-25-9-10-26-19/h6-7,11,16,19H,4-5,8-10,12-13H2,1-3H3. The summed E-state index contributed by atoms with van der Waals surface area (Å²) in [5.41, 5.74) is 1.94. The van der Waals surface area contributed by atoms with E-state index in [2.05, 4.69) is 0 Å². The van der Waals surface area contributed by atoms with Crippen LogP contribution in [0.5, 0.6) is 0 Å². The molecular formula is C19H28N2O5S. The van der Waals surface area contributed by atoms with Gasteiger partial charge in [0.2, 0.25) is 15.9 Å². The molecule has 0 aliphatic carbocycles. The average molecular weight is 397 g/mol. The quantitative estimate of drug-likeness (QED) is 0.755. The lowest BCUT2D eigenvalue weighted by molar-refractivity contribution is -0.139. The molecule has 0 radical (unpaired) electrons. The fourth-order valence-electron chi connectivity index (χ4n) is 3.54. The van der Waals surface area contributed by atoms with E-state index in [4.69, 9.17) is 9.47 Å². The molecule has 1 unspecified atom stereocenters. The molecule has 150 valence electrons. The number of aryl methyl sites for hydroxylation is 2. The van der Waals surface area contributed by atoms with E-state index < -0.39 is 10.0 Å². The van der Waals surface area contributed by atoms with Gasteiger partial charge in [-0.1, -0.05) is 6.07 Å². The maximum Gasteiger partial charge on any atom is 0.243 e. The first-order valence-corrected chi connectivity index (χ1v) is 10.8. The number of rotatable bonds is 5. The van der Waals surface area contributed by atoms with E-state index in [1.165, 1.54) is 7.05 Å². The zero-order valence-corrected chi connectivity index (χ0v) is 17.0. The summed E-state index contributed by atoms with van der Waals surface area (Å²) in [5, 5.41) is 0. The largest absolute Gasteiger partial charge is 0.350 e. The summed E-state index contributed by atoms with van der Waals surface area (Å²) < 4.78 is 37.9. The zero-order valence-electron chi connectivity index (χ0n) is 16.2. The van der Waals surface area contributed by atoms with Crippen LogP contribution in [-0.2, 0) is 24.3 Å². The van der Waals surface area contributed by atoms with E-state index in [-0.39, 0.29) is 29.6 Å². The van der Waals surface area contributed by atoms with E-state index in [0.717, 1.165) is 28.3 Å². The van der Waals surface area contributed by atoms with Gasteiger partial charge in [-0.15, -0.1) is 0 Å². The minimum absolute atomic E-state index is 0.145. The van der Waals surface area contributed by atoms with Crippen molar-refractivity contribution in [1.29, 1.82) is 0 Å². The van der Waals surface area contributed by atoms with Gasteiger partial charge in [0.1, 0.15) is 0 Å². The Hall–Kier alpha value is -1.48. The van der Waals surface area contributed by atoms with Gasteiger partial charge in [0.05, 0.1) is 24.7 Å². The van der Waals surface area contributed by atoms with Crippen LogP contribution < -0.4 is 0 Å². The molecule has 1 aromatic rings. The highest BCUT2D eigenvalue weighted by atomic mass is 32.2. The van der Waals surface area contributed by atoms with Crippen LogP contribution in [0.25, 0.3) is 0 Å². The number of hydrogen-bond donors (Lipinski definition) is 0. The monoisotopic (exact) mass is 396 g/mol. The van der Waals surface area contributed by atoms with Crippen LogP contribution in [-0.4, -0.2) is 69.7 Å². The maximum absolute atomic E-state index is 12.8. The van der Waals surface area contributed by atoms with Crippen molar-refractivity contribution >= 4 is 15.9 Å². The van der Waals surface area contributed by atoms with E-state index in [1.807, 2.05) is 13.8 Å². The summed E-state index contributed by atoms with van der Waals surface area (Å²) in [6, 6.07) is 5.02. The number of nitrogens with zero attached hydrogens (tertiary/aromatic N) is 2.